The number of halogens is 7. The molecule has 0 bridgehead atoms. The minimum absolute atomic E-state index is 0.0939. The highest BCUT2D eigenvalue weighted by atomic mass is 19.4. The number of ether oxygens (including phenoxy) is 3. The van der Waals surface area contributed by atoms with Gasteiger partial charge in [0.25, 0.3) is 0 Å². The fourth-order valence-electron chi connectivity index (χ4n) is 4.65. The first-order valence-electron chi connectivity index (χ1n) is 10.8. The molecule has 2 fully saturated rings. The zero-order valence-electron chi connectivity index (χ0n) is 18.2. The topological polar surface area (TPSA) is 27.7 Å². The summed E-state index contributed by atoms with van der Waals surface area (Å²) in [6.45, 7) is 2.26. The van der Waals surface area contributed by atoms with Gasteiger partial charge in [-0.2, -0.15) is 26.3 Å². The lowest BCUT2D eigenvalue weighted by atomic mass is 9.78. The van der Waals surface area contributed by atoms with E-state index < -0.39 is 47.3 Å². The van der Waals surface area contributed by atoms with Crippen molar-refractivity contribution in [3.05, 3.63) is 70.5 Å². The summed E-state index contributed by atoms with van der Waals surface area (Å²) in [5.41, 5.74) is -2.29. The first-order valence-corrected chi connectivity index (χ1v) is 10.8. The molecule has 3 nitrogen and oxygen atoms in total. The summed E-state index contributed by atoms with van der Waals surface area (Å²) < 4.78 is 111. The molecule has 2 aromatic carbocycles. The Hall–Kier alpha value is -2.17. The SMILES string of the molecule is C[C@@H](O[C@H]1CCC2(C[C@@H]1c1ccc(F)cc1)OCCO2)c1cc(C(F)(F)F)cc(C(F)(F)F)c1. The number of benzene rings is 2. The van der Waals surface area contributed by atoms with Crippen LogP contribution >= 0.6 is 0 Å². The fraction of sp³-hybridized carbons (Fsp3) is 0.500. The van der Waals surface area contributed by atoms with Gasteiger partial charge < -0.3 is 14.2 Å². The summed E-state index contributed by atoms with van der Waals surface area (Å²) in [6.07, 6.45) is -10.3. The van der Waals surface area contributed by atoms with Crippen LogP contribution in [0, 0.1) is 5.82 Å². The van der Waals surface area contributed by atoms with E-state index in [-0.39, 0.29) is 17.5 Å². The summed E-state index contributed by atoms with van der Waals surface area (Å²) in [6, 6.07) is 7.20. The molecule has 3 atom stereocenters. The van der Waals surface area contributed by atoms with Crippen LogP contribution in [0.15, 0.2) is 42.5 Å². The third kappa shape index (κ3) is 5.39. The lowest BCUT2D eigenvalue weighted by molar-refractivity contribution is -0.201. The highest BCUT2D eigenvalue weighted by Gasteiger charge is 2.46. The molecule has 34 heavy (non-hydrogen) atoms. The second kappa shape index (κ2) is 9.13. The van der Waals surface area contributed by atoms with Crippen molar-refractivity contribution >= 4 is 0 Å². The molecule has 4 rings (SSSR count). The van der Waals surface area contributed by atoms with Gasteiger partial charge in [0.1, 0.15) is 5.82 Å². The number of hydrogen-bond acceptors (Lipinski definition) is 3. The predicted octanol–water partition coefficient (Wildman–Crippen LogP) is 7.02. The van der Waals surface area contributed by atoms with E-state index in [0.29, 0.717) is 44.6 Å². The van der Waals surface area contributed by atoms with Crippen molar-refractivity contribution in [1.82, 2.24) is 0 Å². The summed E-state index contributed by atoms with van der Waals surface area (Å²) >= 11 is 0. The maximum Gasteiger partial charge on any atom is 0.416 e. The molecule has 1 saturated heterocycles. The smallest absolute Gasteiger partial charge is 0.370 e. The minimum atomic E-state index is -4.94. The Kier molecular flexibility index (Phi) is 6.69. The molecule has 1 aliphatic heterocycles. The van der Waals surface area contributed by atoms with Crippen LogP contribution in [0.3, 0.4) is 0 Å². The van der Waals surface area contributed by atoms with Crippen molar-refractivity contribution in [3.8, 4) is 0 Å². The molecule has 186 valence electrons. The third-order valence-electron chi connectivity index (χ3n) is 6.36. The zero-order valence-corrected chi connectivity index (χ0v) is 18.2. The standard InChI is InChI=1S/C24H23F7O3/c1-14(16-10-17(23(26,27)28)12-18(11-16)24(29,30)31)34-21-6-7-22(32-8-9-33-22)13-20(21)15-2-4-19(25)5-3-15/h2-5,10-12,14,20-21H,6-9,13H2,1H3/t14-,20-,21+/m1/s1. The number of rotatable bonds is 4. The summed E-state index contributed by atoms with van der Waals surface area (Å²) in [4.78, 5) is 0. The second-order valence-corrected chi connectivity index (χ2v) is 8.66. The van der Waals surface area contributed by atoms with Crippen molar-refractivity contribution in [2.75, 3.05) is 13.2 Å². The summed E-state index contributed by atoms with van der Waals surface area (Å²) in [5, 5.41) is 0. The lowest BCUT2D eigenvalue weighted by Crippen LogP contribution is -2.42. The molecule has 0 unspecified atom stereocenters. The molecule has 2 aliphatic rings. The van der Waals surface area contributed by atoms with Crippen LogP contribution < -0.4 is 0 Å². The van der Waals surface area contributed by atoms with Crippen LogP contribution in [-0.4, -0.2) is 25.1 Å². The van der Waals surface area contributed by atoms with Crippen LogP contribution in [-0.2, 0) is 26.6 Å². The van der Waals surface area contributed by atoms with Gasteiger partial charge in [0.2, 0.25) is 0 Å². The third-order valence-corrected chi connectivity index (χ3v) is 6.36. The van der Waals surface area contributed by atoms with Crippen molar-refractivity contribution in [3.63, 3.8) is 0 Å². The van der Waals surface area contributed by atoms with Crippen LogP contribution in [0.1, 0.15) is 60.5 Å². The Labute approximate surface area is 191 Å². The van der Waals surface area contributed by atoms with Gasteiger partial charge in [0.05, 0.1) is 36.5 Å². The zero-order chi connectivity index (χ0) is 24.7. The van der Waals surface area contributed by atoms with E-state index in [9.17, 15) is 30.7 Å². The van der Waals surface area contributed by atoms with Gasteiger partial charge in [-0.3, -0.25) is 0 Å². The fourth-order valence-corrected chi connectivity index (χ4v) is 4.65. The van der Waals surface area contributed by atoms with E-state index in [0.717, 1.165) is 5.56 Å². The van der Waals surface area contributed by atoms with Gasteiger partial charge in [-0.1, -0.05) is 12.1 Å². The Bertz CT molecular complexity index is 963. The van der Waals surface area contributed by atoms with Gasteiger partial charge >= 0.3 is 12.4 Å². The largest absolute Gasteiger partial charge is 0.416 e. The van der Waals surface area contributed by atoms with Gasteiger partial charge in [0, 0.05) is 18.8 Å². The molecule has 1 heterocycles. The van der Waals surface area contributed by atoms with Crippen LogP contribution in [0.25, 0.3) is 0 Å². The van der Waals surface area contributed by atoms with E-state index in [1.54, 1.807) is 12.1 Å². The van der Waals surface area contributed by atoms with E-state index >= 15 is 0 Å². The van der Waals surface area contributed by atoms with Crippen LogP contribution in [0.2, 0.25) is 0 Å². The highest BCUT2D eigenvalue weighted by Crippen LogP contribution is 2.46. The summed E-state index contributed by atoms with van der Waals surface area (Å²) in [7, 11) is 0. The molecule has 2 aromatic rings. The Morgan fingerprint density at radius 1 is 0.912 bits per heavy atom. The molecule has 0 radical (unpaired) electrons. The molecular weight excluding hydrogens is 469 g/mol. The van der Waals surface area contributed by atoms with Gasteiger partial charge in [-0.15, -0.1) is 0 Å². The quantitative estimate of drug-likeness (QED) is 0.430. The van der Waals surface area contributed by atoms with Crippen LogP contribution in [0.5, 0.6) is 0 Å². The normalized spacial score (nSPS) is 23.9. The first kappa shape index (κ1) is 24.9. The van der Waals surface area contributed by atoms with E-state index in [1.165, 1.54) is 19.1 Å². The monoisotopic (exact) mass is 492 g/mol. The summed E-state index contributed by atoms with van der Waals surface area (Å²) in [5.74, 6) is -1.62. The first-order chi connectivity index (χ1) is 15.9. The second-order valence-electron chi connectivity index (χ2n) is 8.66. The van der Waals surface area contributed by atoms with E-state index in [4.69, 9.17) is 14.2 Å². The van der Waals surface area contributed by atoms with E-state index in [1.807, 2.05) is 0 Å². The molecule has 1 saturated carbocycles. The molecule has 0 amide bonds. The Morgan fingerprint density at radius 2 is 1.47 bits per heavy atom. The molecule has 0 aromatic heterocycles. The van der Waals surface area contributed by atoms with E-state index in [2.05, 4.69) is 0 Å². The van der Waals surface area contributed by atoms with Gasteiger partial charge in [0.15, 0.2) is 5.79 Å². The average molecular weight is 492 g/mol. The highest BCUT2D eigenvalue weighted by molar-refractivity contribution is 5.35. The maximum absolute atomic E-state index is 13.5. The Morgan fingerprint density at radius 3 is 2.00 bits per heavy atom. The minimum Gasteiger partial charge on any atom is -0.370 e. The number of alkyl halides is 6. The Balaban J connectivity index is 1.63. The predicted molar refractivity (Wildman–Crippen MR) is 107 cm³/mol. The van der Waals surface area contributed by atoms with Gasteiger partial charge in [-0.25, -0.2) is 4.39 Å². The average Bonchev–Trinajstić information content (AvgIpc) is 3.22. The molecule has 0 N–H and O–H groups in total. The van der Waals surface area contributed by atoms with Crippen molar-refractivity contribution < 1.29 is 44.9 Å². The molecule has 10 heteroatoms. The molecule has 1 spiro atoms. The number of hydrogen-bond donors (Lipinski definition) is 0. The van der Waals surface area contributed by atoms with Crippen LogP contribution in [0.4, 0.5) is 30.7 Å². The van der Waals surface area contributed by atoms with Crippen molar-refractivity contribution in [2.45, 2.75) is 62.5 Å². The van der Waals surface area contributed by atoms with Gasteiger partial charge in [-0.05, 0) is 54.8 Å². The van der Waals surface area contributed by atoms with Crippen molar-refractivity contribution in [1.29, 1.82) is 0 Å². The van der Waals surface area contributed by atoms with Crippen molar-refractivity contribution in [2.24, 2.45) is 0 Å². The maximum atomic E-state index is 13.5. The molecular formula is C24H23F7O3. The molecule has 1 aliphatic carbocycles. The lowest BCUT2D eigenvalue weighted by Gasteiger charge is -2.42.